The van der Waals surface area contributed by atoms with Crippen LogP contribution in [0.2, 0.25) is 0 Å². The number of hydrogen-bond donors (Lipinski definition) is 2. The third-order valence-corrected chi connectivity index (χ3v) is 3.54. The van der Waals surface area contributed by atoms with E-state index in [1.54, 1.807) is 7.05 Å². The van der Waals surface area contributed by atoms with Gasteiger partial charge in [-0.15, -0.1) is 0 Å². The van der Waals surface area contributed by atoms with Gasteiger partial charge in [0.25, 0.3) is 0 Å². The minimum Gasteiger partial charge on any atom is -0.399 e. The van der Waals surface area contributed by atoms with Gasteiger partial charge in [-0.05, 0) is 24.7 Å². The molecule has 0 heterocycles. The highest BCUT2D eigenvalue weighted by atomic mass is 79.9. The fraction of sp³-hybridized carbons (Fsp3) is 0.462. The van der Waals surface area contributed by atoms with Gasteiger partial charge in [0.15, 0.2) is 0 Å². The lowest BCUT2D eigenvalue weighted by molar-refractivity contribution is -0.124. The number of nitrogens with two attached hydrogens (primary N) is 1. The largest absolute Gasteiger partial charge is 0.399 e. The van der Waals surface area contributed by atoms with Gasteiger partial charge in [0, 0.05) is 36.2 Å². The second-order valence-corrected chi connectivity index (χ2v) is 5.42. The van der Waals surface area contributed by atoms with Crippen molar-refractivity contribution < 1.29 is 4.79 Å². The van der Waals surface area contributed by atoms with Crippen LogP contribution in [0.5, 0.6) is 0 Å². The van der Waals surface area contributed by atoms with Crippen LogP contribution in [0.1, 0.15) is 12.5 Å². The van der Waals surface area contributed by atoms with E-state index in [4.69, 9.17) is 5.73 Å². The molecule has 18 heavy (non-hydrogen) atoms. The first kappa shape index (κ1) is 15.0. The normalized spacial score (nSPS) is 12.5. The quantitative estimate of drug-likeness (QED) is 0.816. The van der Waals surface area contributed by atoms with E-state index >= 15 is 0 Å². The van der Waals surface area contributed by atoms with Crippen LogP contribution in [0.25, 0.3) is 0 Å². The number of rotatable bonds is 5. The summed E-state index contributed by atoms with van der Waals surface area (Å²) in [7, 11) is 3.66. The molecule has 5 heteroatoms. The van der Waals surface area contributed by atoms with Crippen molar-refractivity contribution in [3.05, 3.63) is 28.2 Å². The number of nitrogens with one attached hydrogen (secondary N) is 1. The second kappa shape index (κ2) is 6.75. The number of carbonyl (C=O) groups excluding carboxylic acids is 1. The summed E-state index contributed by atoms with van der Waals surface area (Å²) in [5.41, 5.74) is 7.61. The highest BCUT2D eigenvalue weighted by Crippen LogP contribution is 2.21. The highest BCUT2D eigenvalue weighted by Gasteiger charge is 2.14. The minimum absolute atomic E-state index is 0.0208. The Morgan fingerprint density at radius 1 is 1.56 bits per heavy atom. The van der Waals surface area contributed by atoms with Crippen molar-refractivity contribution >= 4 is 27.5 Å². The number of carbonyl (C=O) groups is 1. The van der Waals surface area contributed by atoms with E-state index < -0.39 is 0 Å². The number of amides is 1. The molecule has 0 spiro atoms. The van der Waals surface area contributed by atoms with Crippen LogP contribution in [0.15, 0.2) is 22.7 Å². The summed E-state index contributed by atoms with van der Waals surface area (Å²) < 4.78 is 1.00. The monoisotopic (exact) mass is 313 g/mol. The lowest BCUT2D eigenvalue weighted by atomic mass is 10.1. The van der Waals surface area contributed by atoms with E-state index in [2.05, 4.69) is 26.1 Å². The summed E-state index contributed by atoms with van der Waals surface area (Å²) in [5, 5.41) is 2.66. The van der Waals surface area contributed by atoms with Crippen molar-refractivity contribution in [3.63, 3.8) is 0 Å². The van der Waals surface area contributed by atoms with Gasteiger partial charge in [0.2, 0.25) is 5.91 Å². The summed E-state index contributed by atoms with van der Waals surface area (Å²) in [6.45, 7) is 3.42. The lowest BCUT2D eigenvalue weighted by Gasteiger charge is -2.21. The number of nitrogens with zero attached hydrogens (tertiary/aromatic N) is 1. The van der Waals surface area contributed by atoms with Crippen molar-refractivity contribution in [2.75, 3.05) is 26.4 Å². The van der Waals surface area contributed by atoms with Gasteiger partial charge < -0.3 is 16.0 Å². The van der Waals surface area contributed by atoms with Gasteiger partial charge in [0.05, 0.1) is 0 Å². The molecule has 1 rings (SSSR count). The van der Waals surface area contributed by atoms with Crippen molar-refractivity contribution in [2.24, 2.45) is 5.92 Å². The molecule has 0 radical (unpaired) electrons. The van der Waals surface area contributed by atoms with Crippen molar-refractivity contribution in [2.45, 2.75) is 13.5 Å². The molecule has 0 aliphatic rings. The standard InChI is InChI=1S/C13H20BrN3O/c1-9(13(18)16-2)7-17(3)8-10-4-5-11(15)6-12(10)14/h4-6,9H,7-8,15H2,1-3H3,(H,16,18). The molecule has 1 atom stereocenters. The Labute approximate surface area is 117 Å². The van der Waals surface area contributed by atoms with Crippen molar-refractivity contribution in [1.29, 1.82) is 0 Å². The molecule has 100 valence electrons. The number of anilines is 1. The Hall–Kier alpha value is -1.07. The number of nitrogen functional groups attached to an aromatic ring is 1. The fourth-order valence-electron chi connectivity index (χ4n) is 1.84. The average molecular weight is 314 g/mol. The predicted molar refractivity (Wildman–Crippen MR) is 78.1 cm³/mol. The number of benzene rings is 1. The van der Waals surface area contributed by atoms with Crippen LogP contribution in [0, 0.1) is 5.92 Å². The molecule has 0 aliphatic heterocycles. The zero-order chi connectivity index (χ0) is 13.7. The Morgan fingerprint density at radius 3 is 2.78 bits per heavy atom. The van der Waals surface area contributed by atoms with Gasteiger partial charge in [-0.1, -0.05) is 28.9 Å². The fourth-order valence-corrected chi connectivity index (χ4v) is 2.37. The van der Waals surface area contributed by atoms with E-state index in [0.29, 0.717) is 0 Å². The van der Waals surface area contributed by atoms with Gasteiger partial charge in [0.1, 0.15) is 0 Å². The Kier molecular flexibility index (Phi) is 5.62. The maximum Gasteiger partial charge on any atom is 0.223 e. The summed E-state index contributed by atoms with van der Waals surface area (Å²) in [5.74, 6) is 0.0470. The molecule has 1 aromatic rings. The molecule has 0 saturated carbocycles. The van der Waals surface area contributed by atoms with Gasteiger partial charge in [-0.3, -0.25) is 4.79 Å². The number of halogens is 1. The molecular formula is C13H20BrN3O. The van der Waals surface area contributed by atoms with E-state index in [1.165, 1.54) is 0 Å². The maximum absolute atomic E-state index is 11.4. The van der Waals surface area contributed by atoms with Crippen LogP contribution >= 0.6 is 15.9 Å². The van der Waals surface area contributed by atoms with E-state index in [9.17, 15) is 4.79 Å². The predicted octanol–water partition coefficient (Wildman–Crippen LogP) is 1.85. The highest BCUT2D eigenvalue weighted by molar-refractivity contribution is 9.10. The van der Waals surface area contributed by atoms with Gasteiger partial charge in [-0.25, -0.2) is 0 Å². The number of hydrogen-bond acceptors (Lipinski definition) is 3. The molecule has 1 unspecified atom stereocenters. The van der Waals surface area contributed by atoms with E-state index in [1.807, 2.05) is 32.2 Å². The van der Waals surface area contributed by atoms with Gasteiger partial charge >= 0.3 is 0 Å². The van der Waals surface area contributed by atoms with Crippen LogP contribution in [-0.4, -0.2) is 31.4 Å². The molecule has 0 aliphatic carbocycles. The molecular weight excluding hydrogens is 294 g/mol. The van der Waals surface area contributed by atoms with Gasteiger partial charge in [-0.2, -0.15) is 0 Å². The second-order valence-electron chi connectivity index (χ2n) is 4.56. The smallest absolute Gasteiger partial charge is 0.223 e. The topological polar surface area (TPSA) is 58.4 Å². The summed E-state index contributed by atoms with van der Waals surface area (Å²) >= 11 is 3.50. The molecule has 4 nitrogen and oxygen atoms in total. The van der Waals surface area contributed by atoms with Crippen LogP contribution in [-0.2, 0) is 11.3 Å². The molecule has 0 fully saturated rings. The molecule has 1 aromatic carbocycles. The molecule has 1 amide bonds. The van der Waals surface area contributed by atoms with Crippen molar-refractivity contribution in [3.8, 4) is 0 Å². The first-order chi connectivity index (χ1) is 8.43. The summed E-state index contributed by atoms with van der Waals surface area (Å²) in [6, 6.07) is 5.78. The molecule has 0 bridgehead atoms. The molecule has 0 saturated heterocycles. The molecule has 0 aromatic heterocycles. The zero-order valence-electron chi connectivity index (χ0n) is 11.0. The Balaban J connectivity index is 2.59. The Bertz CT molecular complexity index is 423. The van der Waals surface area contributed by atoms with E-state index in [-0.39, 0.29) is 11.8 Å². The zero-order valence-corrected chi connectivity index (χ0v) is 12.6. The lowest BCUT2D eigenvalue weighted by Crippen LogP contribution is -2.34. The summed E-state index contributed by atoms with van der Waals surface area (Å²) in [6.07, 6.45) is 0. The van der Waals surface area contributed by atoms with E-state index in [0.717, 1.165) is 28.8 Å². The minimum atomic E-state index is -0.0208. The van der Waals surface area contributed by atoms with Crippen LogP contribution in [0.4, 0.5) is 5.69 Å². The third-order valence-electron chi connectivity index (χ3n) is 2.80. The first-order valence-corrected chi connectivity index (χ1v) is 6.67. The first-order valence-electron chi connectivity index (χ1n) is 5.88. The molecule has 3 N–H and O–H groups in total. The average Bonchev–Trinajstić information content (AvgIpc) is 2.31. The van der Waals surface area contributed by atoms with Crippen LogP contribution < -0.4 is 11.1 Å². The third kappa shape index (κ3) is 4.31. The SMILES string of the molecule is CNC(=O)C(C)CN(C)Cc1ccc(N)cc1Br. The summed E-state index contributed by atoms with van der Waals surface area (Å²) in [4.78, 5) is 13.6. The maximum atomic E-state index is 11.4. The Morgan fingerprint density at radius 2 is 2.22 bits per heavy atom. The van der Waals surface area contributed by atoms with Crippen molar-refractivity contribution in [1.82, 2.24) is 10.2 Å². The van der Waals surface area contributed by atoms with Crippen LogP contribution in [0.3, 0.4) is 0 Å².